The Balaban J connectivity index is 0.000000134. The van der Waals surface area contributed by atoms with Crippen molar-refractivity contribution in [1.29, 1.82) is 0 Å². The first-order valence-corrected chi connectivity index (χ1v) is 5.38. The minimum atomic E-state index is 0.125. The third-order valence-electron chi connectivity index (χ3n) is 2.42. The van der Waals surface area contributed by atoms with Gasteiger partial charge in [-0.1, -0.05) is 18.2 Å². The summed E-state index contributed by atoms with van der Waals surface area (Å²) in [6, 6.07) is 11.6. The van der Waals surface area contributed by atoms with E-state index in [2.05, 4.69) is 0 Å². The second-order valence-electron chi connectivity index (χ2n) is 3.80. The largest absolute Gasteiger partial charge is 0.508 e. The van der Waals surface area contributed by atoms with E-state index in [4.69, 9.17) is 14.9 Å². The average Bonchev–Trinajstić information content (AvgIpc) is 2.40. The van der Waals surface area contributed by atoms with Crippen LogP contribution in [0.5, 0.6) is 17.2 Å². The van der Waals surface area contributed by atoms with Gasteiger partial charge < -0.3 is 14.9 Å². The molecule has 2 heterocycles. The van der Waals surface area contributed by atoms with Crippen LogP contribution in [0.25, 0.3) is 0 Å². The molecule has 18 heavy (non-hydrogen) atoms. The summed E-state index contributed by atoms with van der Waals surface area (Å²) in [6.45, 7) is 0.607. The van der Waals surface area contributed by atoms with Crippen LogP contribution in [0.3, 0.4) is 0 Å². The van der Waals surface area contributed by atoms with Gasteiger partial charge in [0.05, 0.1) is 0 Å². The van der Waals surface area contributed by atoms with Gasteiger partial charge in [-0.2, -0.15) is 0 Å². The second kappa shape index (κ2) is 5.23. The van der Waals surface area contributed by atoms with Crippen molar-refractivity contribution in [1.82, 2.24) is 0 Å². The van der Waals surface area contributed by atoms with Crippen LogP contribution in [0.2, 0.25) is 0 Å². The number of hydrogen-bond acceptors (Lipinski definition) is 4. The van der Waals surface area contributed by atoms with Gasteiger partial charge in [-0.05, 0) is 29.8 Å². The van der Waals surface area contributed by atoms with E-state index in [1.807, 2.05) is 6.07 Å². The fourth-order valence-corrected chi connectivity index (χ4v) is 1.53. The molecule has 0 amide bonds. The van der Waals surface area contributed by atoms with Crippen molar-refractivity contribution in [2.24, 2.45) is 0 Å². The number of phenolic OH excluding ortho intramolecular Hbond substituents is 2. The number of carbonyl (C=O) groups excluding carboxylic acids is 1. The molecule has 2 aromatic rings. The maximum Gasteiger partial charge on any atom is 0.161 e. The topological polar surface area (TPSA) is 66.8 Å². The monoisotopic (exact) mass is 244 g/mol. The Bertz CT molecular complexity index is 563. The van der Waals surface area contributed by atoms with Gasteiger partial charge in [-0.15, -0.1) is 0 Å². The number of phenols is 2. The van der Waals surface area contributed by atoms with E-state index in [-0.39, 0.29) is 11.5 Å². The first kappa shape index (κ1) is 12.0. The summed E-state index contributed by atoms with van der Waals surface area (Å²) >= 11 is 0. The van der Waals surface area contributed by atoms with E-state index < -0.39 is 0 Å². The standard InChI is InChI=1S/2C7H6O2/c8-6-3-5-1-2-7(6)9-4-5;8-5-6-2-1-3-7(9)4-6/h1-3,8H,4H2;1-5,9H. The zero-order valence-corrected chi connectivity index (χ0v) is 9.54. The van der Waals surface area contributed by atoms with Crippen LogP contribution in [0.4, 0.5) is 0 Å². The maximum atomic E-state index is 10.0. The lowest BCUT2D eigenvalue weighted by Gasteiger charge is -2.14. The highest BCUT2D eigenvalue weighted by atomic mass is 16.5. The van der Waals surface area contributed by atoms with Gasteiger partial charge >= 0.3 is 0 Å². The number of fused-ring (bicyclic) bond motifs is 3. The van der Waals surface area contributed by atoms with Gasteiger partial charge in [0.25, 0.3) is 0 Å². The van der Waals surface area contributed by atoms with Gasteiger partial charge in [0.1, 0.15) is 18.6 Å². The SMILES string of the molecule is O=Cc1cccc(O)c1.Oc1cc2ccc1OC2. The first-order chi connectivity index (χ1) is 8.69. The third-order valence-corrected chi connectivity index (χ3v) is 2.42. The molecular formula is C14H12O4. The van der Waals surface area contributed by atoms with Gasteiger partial charge in [-0.25, -0.2) is 0 Å². The molecule has 92 valence electrons. The highest BCUT2D eigenvalue weighted by Crippen LogP contribution is 2.31. The Hall–Kier alpha value is -2.49. The molecule has 2 aromatic carbocycles. The van der Waals surface area contributed by atoms with Crippen LogP contribution in [-0.2, 0) is 6.61 Å². The minimum absolute atomic E-state index is 0.125. The molecule has 0 atom stereocenters. The Kier molecular flexibility index (Phi) is 3.48. The predicted octanol–water partition coefficient (Wildman–Crippen LogP) is 2.49. The first-order valence-electron chi connectivity index (χ1n) is 5.38. The summed E-state index contributed by atoms with van der Waals surface area (Å²) in [5.41, 5.74) is 1.53. The van der Waals surface area contributed by atoms with E-state index >= 15 is 0 Å². The Morgan fingerprint density at radius 1 is 1.11 bits per heavy atom. The lowest BCUT2D eigenvalue weighted by molar-refractivity contribution is 0.112. The fourth-order valence-electron chi connectivity index (χ4n) is 1.53. The third kappa shape index (κ3) is 2.79. The molecule has 0 aromatic heterocycles. The average molecular weight is 244 g/mol. The molecular weight excluding hydrogens is 232 g/mol. The molecule has 2 aliphatic rings. The molecule has 4 rings (SSSR count). The molecule has 4 nitrogen and oxygen atoms in total. The van der Waals surface area contributed by atoms with Gasteiger partial charge in [0.2, 0.25) is 0 Å². The number of benzene rings is 2. The summed E-state index contributed by atoms with van der Waals surface area (Å²) in [7, 11) is 0. The summed E-state index contributed by atoms with van der Waals surface area (Å²) in [5, 5.41) is 17.8. The molecule has 0 unspecified atom stereocenters. The maximum absolute atomic E-state index is 10.0. The van der Waals surface area contributed by atoms with E-state index in [1.165, 1.54) is 12.1 Å². The van der Waals surface area contributed by atoms with Crippen molar-refractivity contribution < 1.29 is 19.7 Å². The fraction of sp³-hybridized carbons (Fsp3) is 0.0714. The molecule has 0 saturated carbocycles. The van der Waals surface area contributed by atoms with Gasteiger partial charge in [0.15, 0.2) is 11.5 Å². The molecule has 2 N–H and O–H groups in total. The van der Waals surface area contributed by atoms with Crippen molar-refractivity contribution >= 4 is 6.29 Å². The molecule has 2 aliphatic heterocycles. The summed E-state index contributed by atoms with van der Waals surface area (Å²) in [6.07, 6.45) is 0.694. The Morgan fingerprint density at radius 2 is 1.94 bits per heavy atom. The number of aromatic hydroxyl groups is 2. The number of hydrogen-bond donors (Lipinski definition) is 2. The lowest BCUT2D eigenvalue weighted by Crippen LogP contribution is -2.01. The second-order valence-corrected chi connectivity index (χ2v) is 3.80. The smallest absolute Gasteiger partial charge is 0.161 e. The highest BCUT2D eigenvalue weighted by molar-refractivity contribution is 5.75. The predicted molar refractivity (Wildman–Crippen MR) is 65.9 cm³/mol. The van der Waals surface area contributed by atoms with E-state index in [0.717, 1.165) is 5.56 Å². The van der Waals surface area contributed by atoms with Crippen LogP contribution >= 0.6 is 0 Å². The lowest BCUT2D eigenvalue weighted by atomic mass is 10.2. The molecule has 0 saturated heterocycles. The Labute approximate surface area is 104 Å². The van der Waals surface area contributed by atoms with Gasteiger partial charge in [0, 0.05) is 5.56 Å². The van der Waals surface area contributed by atoms with Crippen molar-refractivity contribution in [2.75, 3.05) is 0 Å². The molecule has 0 spiro atoms. The summed E-state index contributed by atoms with van der Waals surface area (Å²) in [4.78, 5) is 10.0. The van der Waals surface area contributed by atoms with Crippen LogP contribution in [0.15, 0.2) is 42.5 Å². The minimum Gasteiger partial charge on any atom is -0.508 e. The molecule has 0 aliphatic carbocycles. The molecule has 0 fully saturated rings. The van der Waals surface area contributed by atoms with E-state index in [9.17, 15) is 4.79 Å². The molecule has 2 bridgehead atoms. The van der Waals surface area contributed by atoms with Crippen molar-refractivity contribution in [3.63, 3.8) is 0 Å². The van der Waals surface area contributed by atoms with E-state index in [1.54, 1.807) is 24.3 Å². The van der Waals surface area contributed by atoms with E-state index in [0.29, 0.717) is 24.2 Å². The van der Waals surface area contributed by atoms with Crippen LogP contribution in [-0.4, -0.2) is 16.5 Å². The molecule has 0 radical (unpaired) electrons. The number of aldehydes is 1. The molecule has 4 heteroatoms. The zero-order valence-electron chi connectivity index (χ0n) is 9.54. The highest BCUT2D eigenvalue weighted by Gasteiger charge is 2.09. The Morgan fingerprint density at radius 3 is 2.28 bits per heavy atom. The number of carbonyl (C=O) groups is 1. The summed E-state index contributed by atoms with van der Waals surface area (Å²) < 4.78 is 5.06. The normalized spacial score (nSPS) is 11.1. The van der Waals surface area contributed by atoms with Crippen molar-refractivity contribution in [2.45, 2.75) is 6.61 Å². The number of rotatable bonds is 1. The van der Waals surface area contributed by atoms with Crippen LogP contribution < -0.4 is 4.74 Å². The summed E-state index contributed by atoms with van der Waals surface area (Å²) in [5.74, 6) is 0.961. The van der Waals surface area contributed by atoms with Crippen molar-refractivity contribution in [3.8, 4) is 17.2 Å². The van der Waals surface area contributed by atoms with Crippen molar-refractivity contribution in [3.05, 3.63) is 53.6 Å². The number of ether oxygens (including phenoxy) is 1. The zero-order chi connectivity index (χ0) is 13.0. The van der Waals surface area contributed by atoms with Crippen LogP contribution in [0.1, 0.15) is 15.9 Å². The van der Waals surface area contributed by atoms with Gasteiger partial charge in [-0.3, -0.25) is 4.79 Å². The van der Waals surface area contributed by atoms with Crippen LogP contribution in [0, 0.1) is 0 Å². The quantitative estimate of drug-likeness (QED) is 0.756.